The smallest absolute Gasteiger partial charge is 0.227 e. The summed E-state index contributed by atoms with van der Waals surface area (Å²) in [6.45, 7) is 1.24. The van der Waals surface area contributed by atoms with Gasteiger partial charge in [0.25, 0.3) is 6.43 Å². The third kappa shape index (κ3) is 1.39. The van der Waals surface area contributed by atoms with Crippen molar-refractivity contribution in [2.75, 3.05) is 0 Å². The van der Waals surface area contributed by atoms with E-state index >= 15 is 0 Å². The van der Waals surface area contributed by atoms with Crippen molar-refractivity contribution >= 4 is 0 Å². The predicted molar refractivity (Wildman–Crippen MR) is 33.8 cm³/mol. The highest BCUT2D eigenvalue weighted by atomic mass is 19.3. The van der Waals surface area contributed by atoms with Gasteiger partial charge in [-0.15, -0.1) is 0 Å². The predicted octanol–water partition coefficient (Wildman–Crippen LogP) is 2.61. The van der Waals surface area contributed by atoms with Gasteiger partial charge in [0, 0.05) is 11.8 Å². The molecule has 0 aliphatic carbocycles. The fraction of sp³-hybridized carbons (Fsp3) is 0.286. The summed E-state index contributed by atoms with van der Waals surface area (Å²) in [6.07, 6.45) is -2.30. The molecule has 0 spiro atoms. The molecular formula is C7H5F4N. The Morgan fingerprint density at radius 2 is 1.92 bits per heavy atom. The molecule has 66 valence electrons. The van der Waals surface area contributed by atoms with Gasteiger partial charge in [0.15, 0.2) is 0 Å². The Bertz CT molecular complexity index is 298. The highest BCUT2D eigenvalue weighted by molar-refractivity contribution is 5.21. The molecule has 0 N–H and O–H groups in total. The molecule has 0 saturated heterocycles. The van der Waals surface area contributed by atoms with Gasteiger partial charge in [-0.1, -0.05) is 0 Å². The van der Waals surface area contributed by atoms with Gasteiger partial charge in [0.1, 0.15) is 11.4 Å². The van der Waals surface area contributed by atoms with E-state index in [-0.39, 0.29) is 5.56 Å². The zero-order chi connectivity index (χ0) is 9.30. The minimum absolute atomic E-state index is 0.0910. The van der Waals surface area contributed by atoms with Crippen molar-refractivity contribution in [2.45, 2.75) is 13.3 Å². The topological polar surface area (TPSA) is 12.9 Å². The van der Waals surface area contributed by atoms with Crippen LogP contribution >= 0.6 is 0 Å². The first kappa shape index (κ1) is 8.96. The van der Waals surface area contributed by atoms with Crippen LogP contribution in [0.3, 0.4) is 0 Å². The standard InChI is InChI=1S/C7H5F4N/c1-3-2-12-7(11)4(5(3)8)6(9)10/h2,6H,1H3. The highest BCUT2D eigenvalue weighted by Gasteiger charge is 2.21. The van der Waals surface area contributed by atoms with Crippen LogP contribution in [0, 0.1) is 18.7 Å². The molecule has 1 heterocycles. The summed E-state index contributed by atoms with van der Waals surface area (Å²) >= 11 is 0. The summed E-state index contributed by atoms with van der Waals surface area (Å²) in [4.78, 5) is 2.97. The van der Waals surface area contributed by atoms with Crippen LogP contribution in [0.2, 0.25) is 0 Å². The molecule has 0 unspecified atom stereocenters. The summed E-state index contributed by atoms with van der Waals surface area (Å²) in [5.74, 6) is -2.68. The lowest BCUT2D eigenvalue weighted by atomic mass is 10.2. The molecule has 0 saturated carbocycles. The molecule has 12 heavy (non-hydrogen) atoms. The maximum Gasteiger partial charge on any atom is 0.271 e. The molecule has 1 aromatic rings. The SMILES string of the molecule is Cc1cnc(F)c(C(F)F)c1F. The van der Waals surface area contributed by atoms with Gasteiger partial charge >= 0.3 is 0 Å². The molecule has 0 aliphatic heterocycles. The third-order valence-electron chi connectivity index (χ3n) is 1.39. The van der Waals surface area contributed by atoms with Crippen LogP contribution in [0.25, 0.3) is 0 Å². The minimum atomic E-state index is -3.17. The van der Waals surface area contributed by atoms with E-state index < -0.39 is 23.8 Å². The average Bonchev–Trinajstić information content (AvgIpc) is 1.97. The number of rotatable bonds is 1. The second-order valence-corrected chi connectivity index (χ2v) is 2.26. The number of halogens is 4. The maximum absolute atomic E-state index is 12.8. The Hall–Kier alpha value is -1.13. The lowest BCUT2D eigenvalue weighted by Gasteiger charge is -2.03. The second-order valence-electron chi connectivity index (χ2n) is 2.26. The van der Waals surface area contributed by atoms with Crippen LogP contribution in [0.15, 0.2) is 6.20 Å². The van der Waals surface area contributed by atoms with E-state index in [0.29, 0.717) is 0 Å². The Kier molecular flexibility index (Phi) is 2.30. The Morgan fingerprint density at radius 3 is 2.33 bits per heavy atom. The minimum Gasteiger partial charge on any atom is -0.227 e. The Morgan fingerprint density at radius 1 is 1.33 bits per heavy atom. The van der Waals surface area contributed by atoms with Crippen molar-refractivity contribution in [3.63, 3.8) is 0 Å². The summed E-state index contributed by atoms with van der Waals surface area (Å²) in [6, 6.07) is 0. The van der Waals surface area contributed by atoms with E-state index in [1.165, 1.54) is 6.92 Å². The van der Waals surface area contributed by atoms with Gasteiger partial charge in [0.05, 0.1) is 0 Å². The van der Waals surface area contributed by atoms with Crippen molar-refractivity contribution in [1.82, 2.24) is 4.98 Å². The van der Waals surface area contributed by atoms with E-state index in [2.05, 4.69) is 4.98 Å². The largest absolute Gasteiger partial charge is 0.271 e. The van der Waals surface area contributed by atoms with Crippen LogP contribution in [0.1, 0.15) is 17.6 Å². The van der Waals surface area contributed by atoms with Crippen molar-refractivity contribution in [2.24, 2.45) is 0 Å². The lowest BCUT2D eigenvalue weighted by Crippen LogP contribution is -2.01. The lowest BCUT2D eigenvalue weighted by molar-refractivity contribution is 0.139. The van der Waals surface area contributed by atoms with Crippen LogP contribution in [-0.2, 0) is 0 Å². The van der Waals surface area contributed by atoms with Crippen molar-refractivity contribution in [1.29, 1.82) is 0 Å². The van der Waals surface area contributed by atoms with Crippen molar-refractivity contribution in [3.8, 4) is 0 Å². The van der Waals surface area contributed by atoms with Gasteiger partial charge in [-0.2, -0.15) is 4.39 Å². The van der Waals surface area contributed by atoms with Crippen molar-refractivity contribution < 1.29 is 17.6 Å². The summed E-state index contributed by atoms with van der Waals surface area (Å²) < 4.78 is 49.1. The first-order chi connectivity index (χ1) is 5.54. The molecule has 0 radical (unpaired) electrons. The first-order valence-corrected chi connectivity index (χ1v) is 3.12. The van der Waals surface area contributed by atoms with Gasteiger partial charge in [-0.3, -0.25) is 0 Å². The summed E-state index contributed by atoms with van der Waals surface area (Å²) in [5, 5.41) is 0. The van der Waals surface area contributed by atoms with E-state index in [1.54, 1.807) is 0 Å². The number of hydrogen-bond acceptors (Lipinski definition) is 1. The fourth-order valence-electron chi connectivity index (χ4n) is 0.769. The number of alkyl halides is 2. The number of aromatic nitrogens is 1. The van der Waals surface area contributed by atoms with E-state index in [1.807, 2.05) is 0 Å². The van der Waals surface area contributed by atoms with Gasteiger partial charge in [-0.05, 0) is 6.92 Å². The highest BCUT2D eigenvalue weighted by Crippen LogP contribution is 2.25. The van der Waals surface area contributed by atoms with Crippen LogP contribution in [0.5, 0.6) is 0 Å². The molecule has 0 amide bonds. The van der Waals surface area contributed by atoms with Gasteiger partial charge in [0.2, 0.25) is 5.95 Å². The Balaban J connectivity index is 3.33. The first-order valence-electron chi connectivity index (χ1n) is 3.12. The molecule has 0 aliphatic rings. The monoisotopic (exact) mass is 179 g/mol. The van der Waals surface area contributed by atoms with Crippen LogP contribution in [-0.4, -0.2) is 4.98 Å². The average molecular weight is 179 g/mol. The molecule has 0 bridgehead atoms. The quantitative estimate of drug-likeness (QED) is 0.477. The molecule has 0 fully saturated rings. The van der Waals surface area contributed by atoms with Gasteiger partial charge < -0.3 is 0 Å². The molecule has 1 nitrogen and oxygen atoms in total. The van der Waals surface area contributed by atoms with Crippen molar-refractivity contribution in [3.05, 3.63) is 29.1 Å². The number of hydrogen-bond donors (Lipinski definition) is 0. The fourth-order valence-corrected chi connectivity index (χ4v) is 0.769. The third-order valence-corrected chi connectivity index (χ3v) is 1.39. The maximum atomic E-state index is 12.8. The zero-order valence-corrected chi connectivity index (χ0v) is 6.11. The second kappa shape index (κ2) is 3.08. The van der Waals surface area contributed by atoms with Crippen LogP contribution < -0.4 is 0 Å². The van der Waals surface area contributed by atoms with Crippen LogP contribution in [0.4, 0.5) is 17.6 Å². The zero-order valence-electron chi connectivity index (χ0n) is 6.11. The van der Waals surface area contributed by atoms with E-state index in [4.69, 9.17) is 0 Å². The Labute approximate surface area is 66.0 Å². The molecule has 0 atom stereocenters. The number of nitrogens with zero attached hydrogens (tertiary/aromatic N) is 1. The molecule has 5 heteroatoms. The summed E-state index contributed by atoms with van der Waals surface area (Å²) in [7, 11) is 0. The molecular weight excluding hydrogens is 174 g/mol. The molecule has 0 aromatic carbocycles. The number of pyridine rings is 1. The molecule has 1 aromatic heterocycles. The van der Waals surface area contributed by atoms with Gasteiger partial charge in [-0.25, -0.2) is 18.2 Å². The van der Waals surface area contributed by atoms with E-state index in [0.717, 1.165) is 6.20 Å². The molecule has 1 rings (SSSR count). The van der Waals surface area contributed by atoms with E-state index in [9.17, 15) is 17.6 Å². The normalized spacial score (nSPS) is 10.8. The number of aryl methyl sites for hydroxylation is 1. The summed E-state index contributed by atoms with van der Waals surface area (Å²) in [5.41, 5.74) is -1.35.